The average Bonchev–Trinajstić information content (AvgIpc) is 2.19. The van der Waals surface area contributed by atoms with Gasteiger partial charge >= 0.3 is 11.4 Å². The van der Waals surface area contributed by atoms with Crippen LogP contribution in [0.1, 0.15) is 25.7 Å². The van der Waals surface area contributed by atoms with Gasteiger partial charge in [-0.1, -0.05) is 12.2 Å². The number of hydrogen-bond donors (Lipinski definition) is 0. The van der Waals surface area contributed by atoms with E-state index < -0.39 is 11.4 Å². The molecule has 0 aromatic heterocycles. The van der Waals surface area contributed by atoms with Gasteiger partial charge in [-0.05, 0) is 25.7 Å². The fourth-order valence-electron chi connectivity index (χ4n) is 0.743. The summed E-state index contributed by atoms with van der Waals surface area (Å²) >= 11 is -1.60. The zero-order valence-electron chi connectivity index (χ0n) is 8.44. The highest BCUT2D eigenvalue weighted by Crippen LogP contribution is 1.97. The molecule has 82 valence electrons. The summed E-state index contributed by atoms with van der Waals surface area (Å²) in [6, 6.07) is 0. The lowest BCUT2D eigenvalue weighted by molar-refractivity contribution is 0.246. The summed E-state index contributed by atoms with van der Waals surface area (Å²) in [5.41, 5.74) is 0. The molecular weight excluding hydrogens is 200 g/mol. The Morgan fingerprint density at radius 1 is 1.00 bits per heavy atom. The van der Waals surface area contributed by atoms with E-state index in [0.29, 0.717) is 13.2 Å². The Balaban J connectivity index is 3.19. The van der Waals surface area contributed by atoms with E-state index in [-0.39, 0.29) is 0 Å². The molecule has 14 heavy (non-hydrogen) atoms. The summed E-state index contributed by atoms with van der Waals surface area (Å²) in [6.45, 7) is 8.04. The second kappa shape index (κ2) is 10.6. The summed E-state index contributed by atoms with van der Waals surface area (Å²) in [6.07, 6.45) is 6.99. The van der Waals surface area contributed by atoms with Gasteiger partial charge in [-0.3, -0.25) is 8.37 Å². The predicted octanol–water partition coefficient (Wildman–Crippen LogP) is 2.53. The smallest absolute Gasteiger partial charge is 0.268 e. The number of unbranched alkanes of at least 4 members (excludes halogenated alkanes) is 2. The highest BCUT2D eigenvalue weighted by molar-refractivity contribution is 7.75. The van der Waals surface area contributed by atoms with E-state index in [0.717, 1.165) is 25.7 Å². The van der Waals surface area contributed by atoms with Crippen molar-refractivity contribution in [3.8, 4) is 0 Å². The second-order valence-electron chi connectivity index (χ2n) is 2.71. The Bertz CT molecular complexity index is 162. The van der Waals surface area contributed by atoms with Crippen LogP contribution in [0, 0.1) is 0 Å². The summed E-state index contributed by atoms with van der Waals surface area (Å²) in [5, 5.41) is 0. The first kappa shape index (κ1) is 13.5. The van der Waals surface area contributed by atoms with Crippen LogP contribution in [0.25, 0.3) is 0 Å². The maximum absolute atomic E-state index is 11.0. The van der Waals surface area contributed by atoms with Crippen LogP contribution in [0.15, 0.2) is 25.3 Å². The molecule has 0 saturated carbocycles. The first-order valence-electron chi connectivity index (χ1n) is 4.71. The molecule has 0 fully saturated rings. The molecule has 0 amide bonds. The SMILES string of the molecule is C=CCCCOS(=O)OCCCC=C. The molecule has 0 aromatic rings. The third-order valence-electron chi connectivity index (χ3n) is 1.46. The molecule has 0 aromatic carbocycles. The predicted molar refractivity (Wildman–Crippen MR) is 58.9 cm³/mol. The maximum atomic E-state index is 11.0. The number of rotatable bonds is 10. The minimum atomic E-state index is -1.60. The molecule has 0 aliphatic carbocycles. The van der Waals surface area contributed by atoms with Gasteiger partial charge in [0.2, 0.25) is 0 Å². The molecule has 0 bridgehead atoms. The Hall–Kier alpha value is -0.450. The second-order valence-corrected chi connectivity index (χ2v) is 3.59. The minimum Gasteiger partial charge on any atom is -0.268 e. The van der Waals surface area contributed by atoms with Gasteiger partial charge in [0, 0.05) is 0 Å². The van der Waals surface area contributed by atoms with E-state index in [2.05, 4.69) is 13.2 Å². The first-order chi connectivity index (χ1) is 6.81. The van der Waals surface area contributed by atoms with Crippen molar-refractivity contribution in [2.24, 2.45) is 0 Å². The van der Waals surface area contributed by atoms with Crippen molar-refractivity contribution in [2.75, 3.05) is 13.2 Å². The van der Waals surface area contributed by atoms with E-state index in [4.69, 9.17) is 8.37 Å². The summed E-state index contributed by atoms with van der Waals surface area (Å²) < 4.78 is 20.8. The highest BCUT2D eigenvalue weighted by Gasteiger charge is 1.99. The fraction of sp³-hybridized carbons (Fsp3) is 0.600. The summed E-state index contributed by atoms with van der Waals surface area (Å²) in [5.74, 6) is 0. The van der Waals surface area contributed by atoms with Crippen molar-refractivity contribution >= 4 is 11.4 Å². The van der Waals surface area contributed by atoms with Gasteiger partial charge in [0.1, 0.15) is 0 Å². The summed E-state index contributed by atoms with van der Waals surface area (Å²) in [4.78, 5) is 0. The van der Waals surface area contributed by atoms with Crippen LogP contribution in [0.4, 0.5) is 0 Å². The summed E-state index contributed by atoms with van der Waals surface area (Å²) in [7, 11) is 0. The van der Waals surface area contributed by atoms with Gasteiger partial charge < -0.3 is 0 Å². The molecule has 0 aliphatic rings. The van der Waals surface area contributed by atoms with Crippen LogP contribution in [-0.4, -0.2) is 17.4 Å². The Morgan fingerprint density at radius 2 is 1.43 bits per heavy atom. The number of hydrogen-bond acceptors (Lipinski definition) is 3. The average molecular weight is 218 g/mol. The third kappa shape index (κ3) is 9.64. The molecule has 0 saturated heterocycles. The largest absolute Gasteiger partial charge is 0.304 e. The third-order valence-corrected chi connectivity index (χ3v) is 2.18. The Kier molecular flexibility index (Phi) is 10.3. The fourth-order valence-corrected chi connectivity index (χ4v) is 1.32. The van der Waals surface area contributed by atoms with Gasteiger partial charge in [-0.2, -0.15) is 4.21 Å². The van der Waals surface area contributed by atoms with Gasteiger partial charge in [0.15, 0.2) is 0 Å². The van der Waals surface area contributed by atoms with E-state index >= 15 is 0 Å². The normalized spacial score (nSPS) is 10.4. The zero-order valence-corrected chi connectivity index (χ0v) is 9.26. The van der Waals surface area contributed by atoms with E-state index in [1.165, 1.54) is 0 Å². The van der Waals surface area contributed by atoms with Crippen molar-refractivity contribution in [1.29, 1.82) is 0 Å². The Morgan fingerprint density at radius 3 is 1.79 bits per heavy atom. The molecular formula is C10H18O3S. The molecule has 0 heterocycles. The lowest BCUT2D eigenvalue weighted by atomic mass is 10.3. The molecule has 0 radical (unpaired) electrons. The molecule has 0 aliphatic heterocycles. The van der Waals surface area contributed by atoms with E-state index in [9.17, 15) is 4.21 Å². The molecule has 0 unspecified atom stereocenters. The van der Waals surface area contributed by atoms with Crippen LogP contribution < -0.4 is 0 Å². The van der Waals surface area contributed by atoms with Crippen LogP contribution in [0.3, 0.4) is 0 Å². The van der Waals surface area contributed by atoms with Gasteiger partial charge in [0.25, 0.3) is 0 Å². The van der Waals surface area contributed by atoms with E-state index in [1.54, 1.807) is 12.2 Å². The highest BCUT2D eigenvalue weighted by atomic mass is 32.2. The first-order valence-corrected chi connectivity index (χ1v) is 5.71. The lowest BCUT2D eigenvalue weighted by Crippen LogP contribution is -2.04. The molecule has 3 nitrogen and oxygen atoms in total. The van der Waals surface area contributed by atoms with Crippen molar-refractivity contribution in [3.63, 3.8) is 0 Å². The molecule has 0 spiro atoms. The van der Waals surface area contributed by atoms with Crippen molar-refractivity contribution in [2.45, 2.75) is 25.7 Å². The molecule has 0 rings (SSSR count). The minimum absolute atomic E-state index is 0.445. The van der Waals surface area contributed by atoms with Crippen molar-refractivity contribution in [3.05, 3.63) is 25.3 Å². The van der Waals surface area contributed by atoms with Crippen LogP contribution in [0.2, 0.25) is 0 Å². The standard InChI is InChI=1S/C10H18O3S/c1-3-5-7-9-12-14(11)13-10-8-6-4-2/h3-4H,1-2,5-10H2. The van der Waals surface area contributed by atoms with E-state index in [1.807, 2.05) is 0 Å². The zero-order chi connectivity index (χ0) is 10.6. The van der Waals surface area contributed by atoms with Crippen molar-refractivity contribution < 1.29 is 12.6 Å². The molecule has 0 N–H and O–H groups in total. The van der Waals surface area contributed by atoms with Gasteiger partial charge in [-0.25, -0.2) is 0 Å². The number of allylic oxidation sites excluding steroid dienone is 2. The Labute approximate surface area is 88.7 Å². The van der Waals surface area contributed by atoms with Crippen molar-refractivity contribution in [1.82, 2.24) is 0 Å². The molecule has 4 heteroatoms. The monoisotopic (exact) mass is 218 g/mol. The quantitative estimate of drug-likeness (QED) is 0.417. The topological polar surface area (TPSA) is 35.5 Å². The van der Waals surface area contributed by atoms with Gasteiger partial charge in [-0.15, -0.1) is 13.2 Å². The lowest BCUT2D eigenvalue weighted by Gasteiger charge is -2.02. The van der Waals surface area contributed by atoms with Crippen LogP contribution in [-0.2, 0) is 19.7 Å². The van der Waals surface area contributed by atoms with Crippen LogP contribution in [0.5, 0.6) is 0 Å². The van der Waals surface area contributed by atoms with Gasteiger partial charge in [0.05, 0.1) is 13.2 Å². The van der Waals surface area contributed by atoms with Crippen LogP contribution >= 0.6 is 0 Å². The maximum Gasteiger partial charge on any atom is 0.304 e. The molecule has 0 atom stereocenters.